The predicted molar refractivity (Wildman–Crippen MR) is 48.9 cm³/mol. The van der Waals surface area contributed by atoms with Crippen LogP contribution in [-0.4, -0.2) is 29.1 Å². The van der Waals surface area contributed by atoms with Gasteiger partial charge in [0, 0.05) is 11.1 Å². The van der Waals surface area contributed by atoms with Crippen LogP contribution in [0.1, 0.15) is 4.88 Å². The zero-order valence-electron chi connectivity index (χ0n) is 6.70. The summed E-state index contributed by atoms with van der Waals surface area (Å²) >= 11 is 7.04. The summed E-state index contributed by atoms with van der Waals surface area (Å²) in [6.07, 6.45) is 1.42. The number of ether oxygens (including phenoxy) is 1. The first kappa shape index (κ1) is 8.77. The molecule has 1 aliphatic rings. The van der Waals surface area contributed by atoms with Crippen molar-refractivity contribution in [3.05, 3.63) is 15.5 Å². The summed E-state index contributed by atoms with van der Waals surface area (Å²) in [4.78, 5) is 17.5. The van der Waals surface area contributed by atoms with Gasteiger partial charge in [0.1, 0.15) is 6.61 Å². The zero-order valence-corrected chi connectivity index (χ0v) is 8.27. The Morgan fingerprint density at radius 2 is 2.62 bits per heavy atom. The molecule has 2 heterocycles. The smallest absolute Gasteiger partial charge is 0.410 e. The third-order valence-electron chi connectivity index (χ3n) is 1.72. The van der Waals surface area contributed by atoms with E-state index < -0.39 is 0 Å². The quantitative estimate of drug-likeness (QED) is 0.760. The van der Waals surface area contributed by atoms with Crippen molar-refractivity contribution in [2.75, 3.05) is 13.2 Å². The van der Waals surface area contributed by atoms with Gasteiger partial charge in [0.25, 0.3) is 0 Å². The number of halogens is 1. The first-order chi connectivity index (χ1) is 6.25. The van der Waals surface area contributed by atoms with Crippen LogP contribution in [0.15, 0.2) is 6.20 Å². The highest BCUT2D eigenvalue weighted by Gasteiger charge is 2.22. The Morgan fingerprint density at radius 1 is 1.77 bits per heavy atom. The van der Waals surface area contributed by atoms with Crippen LogP contribution < -0.4 is 0 Å². The lowest BCUT2D eigenvalue weighted by Gasteiger charge is -2.09. The first-order valence-corrected chi connectivity index (χ1v) is 4.97. The summed E-state index contributed by atoms with van der Waals surface area (Å²) in [5.41, 5.74) is 0. The van der Waals surface area contributed by atoms with Gasteiger partial charge in [0.05, 0.1) is 13.1 Å². The second kappa shape index (κ2) is 3.51. The number of rotatable bonds is 2. The number of carbonyl (C=O) groups excluding carboxylic acids is 1. The average molecular weight is 219 g/mol. The number of amides is 1. The van der Waals surface area contributed by atoms with Gasteiger partial charge in [-0.3, -0.25) is 4.90 Å². The molecule has 0 saturated carbocycles. The minimum atomic E-state index is -0.260. The van der Waals surface area contributed by atoms with Crippen molar-refractivity contribution in [1.82, 2.24) is 9.88 Å². The van der Waals surface area contributed by atoms with E-state index in [9.17, 15) is 4.79 Å². The van der Waals surface area contributed by atoms with Crippen molar-refractivity contribution in [3.63, 3.8) is 0 Å². The predicted octanol–water partition coefficient (Wildman–Crippen LogP) is 1.75. The van der Waals surface area contributed by atoms with Gasteiger partial charge in [-0.15, -0.1) is 11.3 Å². The number of cyclic esters (lactones) is 1. The highest BCUT2D eigenvalue weighted by molar-refractivity contribution is 7.15. The Labute approximate surface area is 84.1 Å². The molecule has 1 aliphatic heterocycles. The summed E-state index contributed by atoms with van der Waals surface area (Å²) in [5.74, 6) is 0. The van der Waals surface area contributed by atoms with Crippen LogP contribution in [0, 0.1) is 0 Å². The molecule has 0 atom stereocenters. The van der Waals surface area contributed by atoms with Gasteiger partial charge in [0.15, 0.2) is 4.47 Å². The summed E-state index contributed by atoms with van der Waals surface area (Å²) in [6, 6.07) is 0. The number of carbonyl (C=O) groups is 1. The lowest BCUT2D eigenvalue weighted by Crippen LogP contribution is -2.22. The largest absolute Gasteiger partial charge is 0.448 e. The van der Waals surface area contributed by atoms with E-state index in [1.807, 2.05) is 0 Å². The Balaban J connectivity index is 2.01. The molecule has 13 heavy (non-hydrogen) atoms. The molecule has 1 aromatic rings. The third-order valence-corrected chi connectivity index (χ3v) is 2.82. The number of thiazole rings is 1. The van der Waals surface area contributed by atoms with Crippen molar-refractivity contribution in [2.45, 2.75) is 6.54 Å². The topological polar surface area (TPSA) is 42.4 Å². The molecule has 6 heteroatoms. The zero-order chi connectivity index (χ0) is 9.26. The van der Waals surface area contributed by atoms with Crippen LogP contribution in [-0.2, 0) is 11.3 Å². The fraction of sp³-hybridized carbons (Fsp3) is 0.429. The molecule has 1 amide bonds. The number of nitrogens with zero attached hydrogens (tertiary/aromatic N) is 2. The van der Waals surface area contributed by atoms with Gasteiger partial charge < -0.3 is 4.74 Å². The Bertz CT molecular complexity index is 328. The molecule has 1 saturated heterocycles. The standard InChI is InChI=1S/C7H7ClN2O2S/c8-6-9-3-5(13-6)4-10-1-2-12-7(10)11/h3H,1-2,4H2. The van der Waals surface area contributed by atoms with E-state index in [0.717, 1.165) is 4.88 Å². The Kier molecular flexibility index (Phi) is 2.37. The minimum absolute atomic E-state index is 0.260. The molecule has 4 nitrogen and oxygen atoms in total. The molecule has 0 N–H and O–H groups in total. The van der Waals surface area contributed by atoms with E-state index in [1.54, 1.807) is 11.1 Å². The molecule has 0 radical (unpaired) electrons. The molecule has 0 unspecified atom stereocenters. The molecular formula is C7H7ClN2O2S. The molecule has 0 aliphatic carbocycles. The number of hydrogen-bond acceptors (Lipinski definition) is 4. The van der Waals surface area contributed by atoms with Gasteiger partial charge in [-0.1, -0.05) is 11.6 Å². The Hall–Kier alpha value is -0.810. The van der Waals surface area contributed by atoms with Crippen molar-refractivity contribution < 1.29 is 9.53 Å². The maximum atomic E-state index is 11.0. The lowest BCUT2D eigenvalue weighted by molar-refractivity contribution is 0.157. The molecule has 2 rings (SSSR count). The van der Waals surface area contributed by atoms with Crippen LogP contribution in [0.3, 0.4) is 0 Å². The van der Waals surface area contributed by atoms with Crippen LogP contribution in [0.2, 0.25) is 4.47 Å². The molecule has 0 bridgehead atoms. The van der Waals surface area contributed by atoms with Crippen molar-refractivity contribution in [3.8, 4) is 0 Å². The minimum Gasteiger partial charge on any atom is -0.448 e. The maximum Gasteiger partial charge on any atom is 0.410 e. The third kappa shape index (κ3) is 1.92. The maximum absolute atomic E-state index is 11.0. The van der Waals surface area contributed by atoms with Crippen LogP contribution in [0.4, 0.5) is 4.79 Å². The average Bonchev–Trinajstić information content (AvgIpc) is 2.64. The molecule has 0 spiro atoms. The second-order valence-electron chi connectivity index (χ2n) is 2.62. The fourth-order valence-corrected chi connectivity index (χ4v) is 2.11. The summed E-state index contributed by atoms with van der Waals surface area (Å²) in [7, 11) is 0. The van der Waals surface area contributed by atoms with E-state index in [1.165, 1.54) is 11.3 Å². The molecular weight excluding hydrogens is 212 g/mol. The van der Waals surface area contributed by atoms with E-state index in [-0.39, 0.29) is 6.09 Å². The SMILES string of the molecule is O=C1OCCN1Cc1cnc(Cl)s1. The van der Waals surface area contributed by atoms with Gasteiger partial charge in [0.2, 0.25) is 0 Å². The normalized spacial score (nSPS) is 16.4. The first-order valence-electron chi connectivity index (χ1n) is 3.77. The summed E-state index contributed by atoms with van der Waals surface area (Å²) in [6.45, 7) is 1.67. The molecule has 70 valence electrons. The summed E-state index contributed by atoms with van der Waals surface area (Å²) < 4.78 is 5.29. The van der Waals surface area contributed by atoms with E-state index >= 15 is 0 Å². The van der Waals surface area contributed by atoms with Gasteiger partial charge >= 0.3 is 6.09 Å². The fourth-order valence-electron chi connectivity index (χ4n) is 1.11. The monoisotopic (exact) mass is 218 g/mol. The Morgan fingerprint density at radius 3 is 3.15 bits per heavy atom. The highest BCUT2D eigenvalue weighted by Crippen LogP contribution is 2.20. The van der Waals surface area contributed by atoms with Gasteiger partial charge in [-0.25, -0.2) is 9.78 Å². The van der Waals surface area contributed by atoms with Crippen LogP contribution in [0.25, 0.3) is 0 Å². The van der Waals surface area contributed by atoms with Crippen LogP contribution >= 0.6 is 22.9 Å². The highest BCUT2D eigenvalue weighted by atomic mass is 35.5. The van der Waals surface area contributed by atoms with Gasteiger partial charge in [-0.2, -0.15) is 0 Å². The lowest BCUT2D eigenvalue weighted by atomic mass is 10.5. The van der Waals surface area contributed by atoms with E-state index in [0.29, 0.717) is 24.2 Å². The van der Waals surface area contributed by atoms with E-state index in [2.05, 4.69) is 4.98 Å². The molecule has 0 aromatic carbocycles. The molecule has 1 fully saturated rings. The number of aromatic nitrogens is 1. The molecule has 1 aromatic heterocycles. The second-order valence-corrected chi connectivity index (χ2v) is 4.31. The van der Waals surface area contributed by atoms with Crippen molar-refractivity contribution in [1.29, 1.82) is 0 Å². The van der Waals surface area contributed by atoms with E-state index in [4.69, 9.17) is 16.3 Å². The summed E-state index contributed by atoms with van der Waals surface area (Å²) in [5, 5.41) is 0. The van der Waals surface area contributed by atoms with Crippen molar-refractivity contribution in [2.24, 2.45) is 0 Å². The van der Waals surface area contributed by atoms with Crippen molar-refractivity contribution >= 4 is 29.0 Å². The van der Waals surface area contributed by atoms with Gasteiger partial charge in [-0.05, 0) is 0 Å². The number of hydrogen-bond donors (Lipinski definition) is 0. The van der Waals surface area contributed by atoms with Crippen LogP contribution in [0.5, 0.6) is 0 Å².